The fourth-order valence-corrected chi connectivity index (χ4v) is 3.70. The zero-order valence-corrected chi connectivity index (χ0v) is 12.7. The second-order valence-corrected chi connectivity index (χ2v) is 7.12. The standard InChI is InChI=1S/C17H27NO2/c1-12-4-3-7-17(9-12,11-19)18-10-14-5-6-16(20-14)15-8-13(15)2/h5-6,12-13,15,18-19H,3-4,7-11H2,1-2H3. The van der Waals surface area contributed by atoms with E-state index in [0.29, 0.717) is 11.8 Å². The van der Waals surface area contributed by atoms with Gasteiger partial charge in [-0.25, -0.2) is 0 Å². The van der Waals surface area contributed by atoms with Gasteiger partial charge in [0.1, 0.15) is 11.5 Å². The minimum Gasteiger partial charge on any atom is -0.464 e. The summed E-state index contributed by atoms with van der Waals surface area (Å²) in [4.78, 5) is 0. The smallest absolute Gasteiger partial charge is 0.117 e. The van der Waals surface area contributed by atoms with E-state index in [9.17, 15) is 5.11 Å². The van der Waals surface area contributed by atoms with Crippen molar-refractivity contribution in [1.82, 2.24) is 5.32 Å². The zero-order chi connectivity index (χ0) is 14.2. The first-order valence-corrected chi connectivity index (χ1v) is 8.06. The van der Waals surface area contributed by atoms with Crippen molar-refractivity contribution < 1.29 is 9.52 Å². The third-order valence-corrected chi connectivity index (χ3v) is 5.19. The molecule has 20 heavy (non-hydrogen) atoms. The van der Waals surface area contributed by atoms with Crippen LogP contribution in [-0.4, -0.2) is 17.3 Å². The Kier molecular flexibility index (Phi) is 3.91. The van der Waals surface area contributed by atoms with E-state index in [2.05, 4.69) is 31.3 Å². The lowest BCUT2D eigenvalue weighted by atomic mass is 9.77. The Hall–Kier alpha value is -0.800. The molecule has 3 nitrogen and oxygen atoms in total. The van der Waals surface area contributed by atoms with Gasteiger partial charge in [-0.1, -0.05) is 26.7 Å². The molecule has 2 N–H and O–H groups in total. The van der Waals surface area contributed by atoms with Crippen molar-refractivity contribution in [3.05, 3.63) is 23.7 Å². The van der Waals surface area contributed by atoms with Crippen molar-refractivity contribution in [3.8, 4) is 0 Å². The van der Waals surface area contributed by atoms with Crippen LogP contribution >= 0.6 is 0 Å². The Bertz CT molecular complexity index is 456. The minimum absolute atomic E-state index is 0.0997. The van der Waals surface area contributed by atoms with Gasteiger partial charge in [-0.05, 0) is 43.2 Å². The molecule has 0 saturated heterocycles. The van der Waals surface area contributed by atoms with Crippen LogP contribution in [0.4, 0.5) is 0 Å². The van der Waals surface area contributed by atoms with Crippen LogP contribution in [0.25, 0.3) is 0 Å². The largest absolute Gasteiger partial charge is 0.464 e. The van der Waals surface area contributed by atoms with Crippen LogP contribution in [0.15, 0.2) is 16.5 Å². The van der Waals surface area contributed by atoms with Crippen molar-refractivity contribution in [1.29, 1.82) is 0 Å². The summed E-state index contributed by atoms with van der Waals surface area (Å²) in [6.07, 6.45) is 5.89. The van der Waals surface area contributed by atoms with Crippen molar-refractivity contribution >= 4 is 0 Å². The van der Waals surface area contributed by atoms with Gasteiger partial charge in [0.05, 0.1) is 13.2 Å². The molecule has 2 aliphatic rings. The Morgan fingerprint density at radius 2 is 2.20 bits per heavy atom. The molecule has 112 valence electrons. The maximum atomic E-state index is 9.78. The van der Waals surface area contributed by atoms with Crippen molar-refractivity contribution in [2.24, 2.45) is 11.8 Å². The molecule has 2 aliphatic carbocycles. The maximum absolute atomic E-state index is 9.78. The summed E-state index contributed by atoms with van der Waals surface area (Å²) in [7, 11) is 0. The molecule has 4 unspecified atom stereocenters. The van der Waals surface area contributed by atoms with Gasteiger partial charge in [0.25, 0.3) is 0 Å². The lowest BCUT2D eigenvalue weighted by Crippen LogP contribution is -2.51. The Morgan fingerprint density at radius 3 is 2.85 bits per heavy atom. The molecule has 0 radical (unpaired) electrons. The summed E-state index contributed by atoms with van der Waals surface area (Å²) in [5, 5.41) is 13.4. The monoisotopic (exact) mass is 277 g/mol. The molecular weight excluding hydrogens is 250 g/mol. The van der Waals surface area contributed by atoms with Gasteiger partial charge in [-0.2, -0.15) is 0 Å². The lowest BCUT2D eigenvalue weighted by Gasteiger charge is -2.39. The molecule has 0 spiro atoms. The Balaban J connectivity index is 1.58. The van der Waals surface area contributed by atoms with Gasteiger partial charge in [0.15, 0.2) is 0 Å². The van der Waals surface area contributed by atoms with E-state index in [0.717, 1.165) is 36.8 Å². The number of hydrogen-bond donors (Lipinski definition) is 2. The fourth-order valence-electron chi connectivity index (χ4n) is 3.70. The highest BCUT2D eigenvalue weighted by Gasteiger charge is 2.37. The van der Waals surface area contributed by atoms with Gasteiger partial charge in [-0.15, -0.1) is 0 Å². The highest BCUT2D eigenvalue weighted by molar-refractivity contribution is 5.17. The Morgan fingerprint density at radius 1 is 1.40 bits per heavy atom. The van der Waals surface area contributed by atoms with Crippen LogP contribution < -0.4 is 5.32 Å². The normalized spacial score (nSPS) is 37.0. The Labute approximate surface area is 121 Å². The number of hydrogen-bond acceptors (Lipinski definition) is 3. The quantitative estimate of drug-likeness (QED) is 0.866. The average Bonchev–Trinajstić information content (AvgIpc) is 3.00. The molecule has 0 aromatic carbocycles. The van der Waals surface area contributed by atoms with Gasteiger partial charge in [0, 0.05) is 11.5 Å². The van der Waals surface area contributed by atoms with E-state index in [1.807, 2.05) is 0 Å². The van der Waals surface area contributed by atoms with Crippen LogP contribution in [0.3, 0.4) is 0 Å². The molecule has 2 saturated carbocycles. The highest BCUT2D eigenvalue weighted by atomic mass is 16.3. The van der Waals surface area contributed by atoms with Gasteiger partial charge in [0.2, 0.25) is 0 Å². The van der Waals surface area contributed by atoms with E-state index in [4.69, 9.17) is 4.42 Å². The van der Waals surface area contributed by atoms with Gasteiger partial charge >= 0.3 is 0 Å². The molecule has 1 heterocycles. The summed E-state index contributed by atoms with van der Waals surface area (Å²) < 4.78 is 5.94. The molecular formula is C17H27NO2. The molecule has 4 atom stereocenters. The number of furan rings is 1. The van der Waals surface area contributed by atoms with Crippen LogP contribution in [0.1, 0.15) is 63.4 Å². The van der Waals surface area contributed by atoms with Crippen molar-refractivity contribution in [2.75, 3.05) is 6.61 Å². The molecule has 3 heteroatoms. The molecule has 3 rings (SSSR count). The molecule has 0 aliphatic heterocycles. The minimum atomic E-state index is -0.0997. The number of aliphatic hydroxyl groups is 1. The highest BCUT2D eigenvalue weighted by Crippen LogP contribution is 2.47. The predicted molar refractivity (Wildman–Crippen MR) is 79.5 cm³/mol. The van der Waals surface area contributed by atoms with Crippen molar-refractivity contribution in [3.63, 3.8) is 0 Å². The third-order valence-electron chi connectivity index (χ3n) is 5.19. The van der Waals surface area contributed by atoms with Crippen LogP contribution in [0, 0.1) is 11.8 Å². The van der Waals surface area contributed by atoms with E-state index in [1.165, 1.54) is 19.3 Å². The second-order valence-electron chi connectivity index (χ2n) is 7.12. The average molecular weight is 277 g/mol. The summed E-state index contributed by atoms with van der Waals surface area (Å²) >= 11 is 0. The van der Waals surface area contributed by atoms with Crippen LogP contribution in [0.2, 0.25) is 0 Å². The molecule has 1 aromatic rings. The second kappa shape index (κ2) is 5.53. The van der Waals surface area contributed by atoms with E-state index < -0.39 is 0 Å². The van der Waals surface area contributed by atoms with E-state index >= 15 is 0 Å². The van der Waals surface area contributed by atoms with E-state index in [-0.39, 0.29) is 12.1 Å². The molecule has 0 amide bonds. The van der Waals surface area contributed by atoms with Gasteiger partial charge < -0.3 is 14.8 Å². The topological polar surface area (TPSA) is 45.4 Å². The summed E-state index contributed by atoms with van der Waals surface area (Å²) in [6, 6.07) is 4.21. The summed E-state index contributed by atoms with van der Waals surface area (Å²) in [6.45, 7) is 5.51. The number of rotatable bonds is 5. The first-order valence-electron chi connectivity index (χ1n) is 8.06. The number of aliphatic hydroxyl groups excluding tert-OH is 1. The number of nitrogens with one attached hydrogen (secondary N) is 1. The van der Waals surface area contributed by atoms with Crippen molar-refractivity contribution in [2.45, 2.75) is 64.0 Å². The fraction of sp³-hybridized carbons (Fsp3) is 0.765. The first kappa shape index (κ1) is 14.2. The van der Waals surface area contributed by atoms with E-state index in [1.54, 1.807) is 0 Å². The summed E-state index contributed by atoms with van der Waals surface area (Å²) in [5.41, 5.74) is -0.0997. The zero-order valence-electron chi connectivity index (χ0n) is 12.7. The summed E-state index contributed by atoms with van der Waals surface area (Å²) in [5.74, 6) is 4.27. The van der Waals surface area contributed by atoms with Crippen LogP contribution in [0.5, 0.6) is 0 Å². The van der Waals surface area contributed by atoms with Gasteiger partial charge in [-0.3, -0.25) is 0 Å². The lowest BCUT2D eigenvalue weighted by molar-refractivity contribution is 0.0962. The first-order chi connectivity index (χ1) is 9.62. The predicted octanol–water partition coefficient (Wildman–Crippen LogP) is 3.43. The van der Waals surface area contributed by atoms with Crippen LogP contribution in [-0.2, 0) is 6.54 Å². The molecule has 2 fully saturated rings. The SMILES string of the molecule is CC1CCCC(CO)(NCc2ccc(C3CC3C)o2)C1. The maximum Gasteiger partial charge on any atom is 0.117 e. The molecule has 0 bridgehead atoms. The molecule has 1 aromatic heterocycles. The third kappa shape index (κ3) is 2.94.